The molecule has 2 rings (SSSR count). The van der Waals surface area contributed by atoms with E-state index < -0.39 is 11.9 Å². The Morgan fingerprint density at radius 3 is 2.60 bits per heavy atom. The summed E-state index contributed by atoms with van der Waals surface area (Å²) < 4.78 is 19.7. The van der Waals surface area contributed by atoms with Crippen LogP contribution in [0, 0.1) is 5.82 Å². The zero-order valence-corrected chi connectivity index (χ0v) is 13.2. The summed E-state index contributed by atoms with van der Waals surface area (Å²) in [6, 6.07) is 6.30. The van der Waals surface area contributed by atoms with Crippen LogP contribution in [0.2, 0.25) is 5.02 Å². The molecule has 0 fully saturated rings. The van der Waals surface area contributed by atoms with Gasteiger partial charge in [0.2, 0.25) is 5.88 Å². The van der Waals surface area contributed by atoms with Crippen LogP contribution in [0.25, 0.3) is 0 Å². The number of rotatable bonds is 4. The molecule has 1 unspecified atom stereocenters. The quantitative estimate of drug-likeness (QED) is 0.850. The Bertz CT molecular complexity index is 609. The molecule has 0 spiro atoms. The van der Waals surface area contributed by atoms with Crippen molar-refractivity contribution in [1.82, 2.24) is 15.5 Å². The fourth-order valence-corrected chi connectivity index (χ4v) is 2.30. The topological polar surface area (TPSA) is 47.0 Å². The van der Waals surface area contributed by atoms with Crippen LogP contribution in [0.5, 0.6) is 5.88 Å². The SMILES string of the molecule is CNC(c1ccc(OC)nn1)c1ccc(Br)c(Cl)c1F. The van der Waals surface area contributed by atoms with Gasteiger partial charge in [-0.3, -0.25) is 0 Å². The molecule has 0 bridgehead atoms. The van der Waals surface area contributed by atoms with Gasteiger partial charge >= 0.3 is 0 Å². The van der Waals surface area contributed by atoms with Crippen LogP contribution in [-0.4, -0.2) is 24.4 Å². The molecule has 0 saturated carbocycles. The average Bonchev–Trinajstić information content (AvgIpc) is 2.48. The Kier molecular flexibility index (Phi) is 4.91. The summed E-state index contributed by atoms with van der Waals surface area (Å²) in [4.78, 5) is 0. The fourth-order valence-electron chi connectivity index (χ4n) is 1.82. The summed E-state index contributed by atoms with van der Waals surface area (Å²) in [5.41, 5.74) is 0.978. The normalized spacial score (nSPS) is 12.2. The Morgan fingerprint density at radius 1 is 1.30 bits per heavy atom. The third-order valence-electron chi connectivity index (χ3n) is 2.83. The van der Waals surface area contributed by atoms with E-state index >= 15 is 0 Å². The lowest BCUT2D eigenvalue weighted by Crippen LogP contribution is -2.20. The standard InChI is InChI=1S/C13H12BrClFN3O/c1-17-13(9-5-6-10(20-2)19-18-9)7-3-4-8(14)11(15)12(7)16/h3-6,13,17H,1-2H3. The molecule has 20 heavy (non-hydrogen) atoms. The minimum atomic E-state index is -0.488. The highest BCUT2D eigenvalue weighted by molar-refractivity contribution is 9.10. The molecule has 0 aliphatic rings. The summed E-state index contributed by atoms with van der Waals surface area (Å²) in [6.07, 6.45) is 0. The minimum Gasteiger partial charge on any atom is -0.480 e. The first-order valence-corrected chi connectivity index (χ1v) is 6.93. The lowest BCUT2D eigenvalue weighted by atomic mass is 10.0. The zero-order valence-electron chi connectivity index (χ0n) is 10.8. The van der Waals surface area contributed by atoms with Gasteiger partial charge in [-0.05, 0) is 35.1 Å². The maximum absolute atomic E-state index is 14.3. The van der Waals surface area contributed by atoms with Gasteiger partial charge in [0.25, 0.3) is 0 Å². The molecular weight excluding hydrogens is 349 g/mol. The number of halogens is 3. The molecule has 0 aliphatic heterocycles. The number of nitrogens with one attached hydrogen (secondary N) is 1. The van der Waals surface area contributed by atoms with Crippen LogP contribution < -0.4 is 10.1 Å². The molecule has 2 aromatic rings. The summed E-state index contributed by atoms with van der Waals surface area (Å²) in [6.45, 7) is 0. The predicted octanol–water partition coefficient (Wildman–Crippen LogP) is 3.35. The van der Waals surface area contributed by atoms with Crippen LogP contribution >= 0.6 is 27.5 Å². The molecule has 0 amide bonds. The third-order valence-corrected chi connectivity index (χ3v) is 4.09. The summed E-state index contributed by atoms with van der Waals surface area (Å²) >= 11 is 9.10. The van der Waals surface area contributed by atoms with E-state index in [0.29, 0.717) is 21.6 Å². The van der Waals surface area contributed by atoms with Gasteiger partial charge in [0.1, 0.15) is 5.82 Å². The van der Waals surface area contributed by atoms with Gasteiger partial charge < -0.3 is 10.1 Å². The molecule has 1 N–H and O–H groups in total. The number of benzene rings is 1. The second-order valence-electron chi connectivity index (χ2n) is 3.99. The van der Waals surface area contributed by atoms with Gasteiger partial charge in [-0.25, -0.2) is 4.39 Å². The number of nitrogens with zero attached hydrogens (tertiary/aromatic N) is 2. The zero-order chi connectivity index (χ0) is 14.7. The Labute approximate surface area is 129 Å². The highest BCUT2D eigenvalue weighted by Crippen LogP contribution is 2.32. The van der Waals surface area contributed by atoms with Gasteiger partial charge in [-0.1, -0.05) is 17.7 Å². The van der Waals surface area contributed by atoms with Crippen molar-refractivity contribution in [3.8, 4) is 5.88 Å². The van der Waals surface area contributed by atoms with Crippen molar-refractivity contribution in [3.05, 3.63) is 50.8 Å². The first kappa shape index (κ1) is 15.2. The average molecular weight is 361 g/mol. The summed E-state index contributed by atoms with van der Waals surface area (Å²) in [5.74, 6) is -0.0871. The number of aromatic nitrogens is 2. The lowest BCUT2D eigenvalue weighted by Gasteiger charge is -2.17. The Hall–Kier alpha value is -1.24. The highest BCUT2D eigenvalue weighted by atomic mass is 79.9. The Balaban J connectivity index is 2.44. The Morgan fingerprint density at radius 2 is 2.05 bits per heavy atom. The smallest absolute Gasteiger partial charge is 0.233 e. The predicted molar refractivity (Wildman–Crippen MR) is 78.6 cm³/mol. The summed E-state index contributed by atoms with van der Waals surface area (Å²) in [7, 11) is 3.22. The maximum Gasteiger partial charge on any atom is 0.233 e. The molecule has 0 saturated heterocycles. The monoisotopic (exact) mass is 359 g/mol. The van der Waals surface area contributed by atoms with E-state index in [1.54, 1.807) is 31.3 Å². The maximum atomic E-state index is 14.3. The number of hydrogen-bond donors (Lipinski definition) is 1. The highest BCUT2D eigenvalue weighted by Gasteiger charge is 2.21. The third kappa shape index (κ3) is 2.92. The molecule has 1 aromatic heterocycles. The van der Waals surface area contributed by atoms with Crippen molar-refractivity contribution >= 4 is 27.5 Å². The van der Waals surface area contributed by atoms with Gasteiger partial charge in [0, 0.05) is 16.1 Å². The van der Waals surface area contributed by atoms with Crippen LogP contribution in [0.4, 0.5) is 4.39 Å². The van der Waals surface area contributed by atoms with Crippen molar-refractivity contribution in [2.24, 2.45) is 0 Å². The van der Waals surface area contributed by atoms with Gasteiger partial charge in [-0.2, -0.15) is 0 Å². The summed E-state index contributed by atoms with van der Waals surface area (Å²) in [5, 5.41) is 11.0. The van der Waals surface area contributed by atoms with E-state index in [9.17, 15) is 4.39 Å². The number of methoxy groups -OCH3 is 1. The van der Waals surface area contributed by atoms with Crippen molar-refractivity contribution < 1.29 is 9.13 Å². The van der Waals surface area contributed by atoms with E-state index in [2.05, 4.69) is 31.4 Å². The van der Waals surface area contributed by atoms with Crippen LogP contribution in [-0.2, 0) is 0 Å². The van der Waals surface area contributed by atoms with Crippen molar-refractivity contribution in [2.75, 3.05) is 14.2 Å². The first-order valence-electron chi connectivity index (χ1n) is 5.76. The largest absolute Gasteiger partial charge is 0.480 e. The second kappa shape index (κ2) is 6.47. The fraction of sp³-hybridized carbons (Fsp3) is 0.231. The molecule has 4 nitrogen and oxygen atoms in total. The van der Waals surface area contributed by atoms with Gasteiger partial charge in [-0.15, -0.1) is 10.2 Å². The number of hydrogen-bond acceptors (Lipinski definition) is 4. The minimum absolute atomic E-state index is 0.0456. The molecule has 7 heteroatoms. The van der Waals surface area contributed by atoms with E-state index in [-0.39, 0.29) is 5.02 Å². The van der Waals surface area contributed by atoms with Crippen molar-refractivity contribution in [3.63, 3.8) is 0 Å². The molecule has 0 radical (unpaired) electrons. The van der Waals surface area contributed by atoms with Crippen molar-refractivity contribution in [2.45, 2.75) is 6.04 Å². The van der Waals surface area contributed by atoms with Gasteiger partial charge in [0.05, 0.1) is 23.9 Å². The van der Waals surface area contributed by atoms with Crippen LogP contribution in [0.15, 0.2) is 28.7 Å². The molecule has 1 heterocycles. The van der Waals surface area contributed by atoms with Crippen LogP contribution in [0.1, 0.15) is 17.3 Å². The molecular formula is C13H12BrClFN3O. The van der Waals surface area contributed by atoms with Crippen LogP contribution in [0.3, 0.4) is 0 Å². The van der Waals surface area contributed by atoms with Gasteiger partial charge in [0.15, 0.2) is 0 Å². The van der Waals surface area contributed by atoms with Crippen molar-refractivity contribution in [1.29, 1.82) is 0 Å². The lowest BCUT2D eigenvalue weighted by molar-refractivity contribution is 0.390. The van der Waals surface area contributed by atoms with E-state index in [0.717, 1.165) is 0 Å². The number of ether oxygens (including phenoxy) is 1. The van der Waals surface area contributed by atoms with E-state index in [1.807, 2.05) is 0 Å². The molecule has 0 aliphatic carbocycles. The molecule has 106 valence electrons. The van der Waals surface area contributed by atoms with E-state index in [1.165, 1.54) is 7.11 Å². The molecule has 1 aromatic carbocycles. The second-order valence-corrected chi connectivity index (χ2v) is 5.22. The molecule has 1 atom stereocenters. The first-order chi connectivity index (χ1) is 9.58. The van der Waals surface area contributed by atoms with E-state index in [4.69, 9.17) is 16.3 Å².